The van der Waals surface area contributed by atoms with E-state index in [2.05, 4.69) is 24.5 Å². The summed E-state index contributed by atoms with van der Waals surface area (Å²) in [7, 11) is 0. The van der Waals surface area contributed by atoms with Crippen molar-refractivity contribution in [2.45, 2.75) is 93.4 Å². The Hall–Kier alpha value is -4.67. The number of esters is 1. The van der Waals surface area contributed by atoms with Crippen LogP contribution in [0.1, 0.15) is 79.1 Å². The summed E-state index contributed by atoms with van der Waals surface area (Å²) in [5.41, 5.74) is 4.18. The molecular weight excluding hydrogens is 612 g/mol. The summed E-state index contributed by atoms with van der Waals surface area (Å²) in [6, 6.07) is 13.4. The monoisotopic (exact) mass is 662 g/mol. The quantitative estimate of drug-likeness (QED) is 0.137. The number of ether oxygens (including phenoxy) is 3. The third-order valence-electron chi connectivity index (χ3n) is 6.92. The first-order chi connectivity index (χ1) is 22.4. The van der Waals surface area contributed by atoms with E-state index >= 15 is 0 Å². The standard InChI is InChI=1S/C37H50N4O7/c1-11-46-33(43)32(42)41(19-18-38-34(44)47-36(5,6)7)26-16-17-29-27(21-26)31(25-14-12-24(4)13-15-25)28(30(40-29)20-23(2)3)22-39-35(45)48-37(8,9)10/h12-17,21,23H,11,18-20,22H2,1-10H3,(H,38,44)(H,39,45). The van der Waals surface area contributed by atoms with Crippen LogP contribution in [0.5, 0.6) is 0 Å². The largest absolute Gasteiger partial charge is 0.459 e. The molecule has 0 unspecified atom stereocenters. The Balaban J connectivity index is 2.20. The number of anilines is 1. The lowest BCUT2D eigenvalue weighted by molar-refractivity contribution is -0.153. The van der Waals surface area contributed by atoms with Gasteiger partial charge in [-0.25, -0.2) is 14.4 Å². The van der Waals surface area contributed by atoms with Gasteiger partial charge < -0.3 is 29.7 Å². The van der Waals surface area contributed by atoms with Gasteiger partial charge in [0.2, 0.25) is 0 Å². The van der Waals surface area contributed by atoms with E-state index in [0.29, 0.717) is 23.0 Å². The van der Waals surface area contributed by atoms with E-state index in [1.165, 1.54) is 4.90 Å². The van der Waals surface area contributed by atoms with Gasteiger partial charge in [-0.2, -0.15) is 0 Å². The van der Waals surface area contributed by atoms with Crippen LogP contribution < -0.4 is 15.5 Å². The van der Waals surface area contributed by atoms with Crippen LogP contribution in [0, 0.1) is 12.8 Å². The van der Waals surface area contributed by atoms with Gasteiger partial charge >= 0.3 is 24.1 Å². The lowest BCUT2D eigenvalue weighted by atomic mass is 9.91. The lowest BCUT2D eigenvalue weighted by Gasteiger charge is -2.25. The molecule has 2 N–H and O–H groups in total. The number of carbonyl (C=O) groups is 4. The number of hydrogen-bond donors (Lipinski definition) is 2. The molecule has 3 rings (SSSR count). The number of fused-ring (bicyclic) bond motifs is 1. The lowest BCUT2D eigenvalue weighted by Crippen LogP contribution is -2.43. The summed E-state index contributed by atoms with van der Waals surface area (Å²) in [6.07, 6.45) is -0.535. The van der Waals surface area contributed by atoms with Crippen LogP contribution in [-0.4, -0.2) is 59.9 Å². The number of amides is 3. The van der Waals surface area contributed by atoms with Gasteiger partial charge in [0.05, 0.1) is 12.1 Å². The first-order valence-electron chi connectivity index (χ1n) is 16.3. The van der Waals surface area contributed by atoms with Crippen molar-refractivity contribution in [1.82, 2.24) is 15.6 Å². The summed E-state index contributed by atoms with van der Waals surface area (Å²) in [4.78, 5) is 57.6. The fourth-order valence-corrected chi connectivity index (χ4v) is 5.01. The van der Waals surface area contributed by atoms with Crippen molar-refractivity contribution >= 4 is 40.7 Å². The van der Waals surface area contributed by atoms with E-state index in [9.17, 15) is 19.2 Å². The Morgan fingerprint density at radius 1 is 0.875 bits per heavy atom. The molecule has 260 valence electrons. The predicted octanol–water partition coefficient (Wildman–Crippen LogP) is 6.85. The second kappa shape index (κ2) is 16.0. The van der Waals surface area contributed by atoms with Crippen molar-refractivity contribution in [3.05, 3.63) is 59.3 Å². The molecule has 0 fully saturated rings. The van der Waals surface area contributed by atoms with E-state index in [1.807, 2.05) is 37.3 Å². The fraction of sp³-hybridized carbons (Fsp3) is 0.486. The highest BCUT2D eigenvalue weighted by Crippen LogP contribution is 2.36. The molecule has 1 aromatic heterocycles. The summed E-state index contributed by atoms with van der Waals surface area (Å²) >= 11 is 0. The number of carbonyl (C=O) groups excluding carboxylic acids is 4. The topological polar surface area (TPSA) is 136 Å². The Labute approximate surface area is 283 Å². The molecular formula is C37H50N4O7. The molecule has 11 nitrogen and oxygen atoms in total. The number of pyridine rings is 1. The van der Waals surface area contributed by atoms with Gasteiger partial charge in [-0.1, -0.05) is 43.7 Å². The zero-order valence-electron chi connectivity index (χ0n) is 29.9. The van der Waals surface area contributed by atoms with E-state index < -0.39 is 35.3 Å². The van der Waals surface area contributed by atoms with Crippen molar-refractivity contribution in [2.24, 2.45) is 5.92 Å². The number of aryl methyl sites for hydroxylation is 1. The zero-order chi connectivity index (χ0) is 35.8. The van der Waals surface area contributed by atoms with Gasteiger partial charge in [-0.05, 0) is 97.1 Å². The molecule has 11 heteroatoms. The molecule has 48 heavy (non-hydrogen) atoms. The molecule has 0 saturated heterocycles. The van der Waals surface area contributed by atoms with Gasteiger partial charge in [0, 0.05) is 42.0 Å². The molecule has 0 aliphatic carbocycles. The summed E-state index contributed by atoms with van der Waals surface area (Å²) in [5.74, 6) is -1.62. The Morgan fingerprint density at radius 2 is 1.48 bits per heavy atom. The minimum Gasteiger partial charge on any atom is -0.459 e. The number of nitrogens with one attached hydrogen (secondary N) is 2. The van der Waals surface area contributed by atoms with Gasteiger partial charge in [-0.3, -0.25) is 9.78 Å². The fourth-order valence-electron chi connectivity index (χ4n) is 5.01. The molecule has 1 heterocycles. The van der Waals surface area contributed by atoms with Crippen LogP contribution in [0.25, 0.3) is 22.0 Å². The minimum atomic E-state index is -1.01. The first kappa shape index (κ1) is 37.8. The molecule has 3 amide bonds. The van der Waals surface area contributed by atoms with E-state index in [4.69, 9.17) is 19.2 Å². The number of rotatable bonds is 10. The van der Waals surface area contributed by atoms with Crippen LogP contribution in [-0.2, 0) is 36.8 Å². The highest BCUT2D eigenvalue weighted by atomic mass is 16.6. The molecule has 0 spiro atoms. The van der Waals surface area contributed by atoms with Gasteiger partial charge in [0.1, 0.15) is 11.2 Å². The predicted molar refractivity (Wildman–Crippen MR) is 187 cm³/mol. The number of nitrogens with zero attached hydrogens (tertiary/aromatic N) is 2. The Morgan fingerprint density at radius 3 is 2.04 bits per heavy atom. The highest BCUT2D eigenvalue weighted by Gasteiger charge is 2.27. The second-order valence-corrected chi connectivity index (χ2v) is 14.0. The molecule has 2 aromatic carbocycles. The third kappa shape index (κ3) is 11.0. The molecule has 0 atom stereocenters. The number of hydrogen-bond acceptors (Lipinski definition) is 8. The highest BCUT2D eigenvalue weighted by molar-refractivity contribution is 6.38. The van der Waals surface area contributed by atoms with Crippen molar-refractivity contribution < 1.29 is 33.4 Å². The summed E-state index contributed by atoms with van der Waals surface area (Å²) < 4.78 is 15.9. The van der Waals surface area contributed by atoms with Crippen molar-refractivity contribution in [3.8, 4) is 11.1 Å². The maximum atomic E-state index is 13.4. The van der Waals surface area contributed by atoms with E-state index in [1.54, 1.807) is 60.6 Å². The molecule has 0 aliphatic rings. The number of alkyl carbamates (subject to hydrolysis) is 2. The maximum Gasteiger partial charge on any atom is 0.407 e. The normalized spacial score (nSPS) is 11.6. The van der Waals surface area contributed by atoms with E-state index in [-0.39, 0.29) is 32.2 Å². The number of aromatic nitrogens is 1. The first-order valence-corrected chi connectivity index (χ1v) is 16.3. The molecule has 3 aromatic rings. The van der Waals surface area contributed by atoms with Gasteiger partial charge in [0.25, 0.3) is 0 Å². The molecule has 0 radical (unpaired) electrons. The zero-order valence-corrected chi connectivity index (χ0v) is 29.9. The van der Waals surface area contributed by atoms with Crippen LogP contribution >= 0.6 is 0 Å². The van der Waals surface area contributed by atoms with Crippen LogP contribution in [0.4, 0.5) is 15.3 Å². The minimum absolute atomic E-state index is 0.0134. The SMILES string of the molecule is CCOC(=O)C(=O)N(CCNC(=O)OC(C)(C)C)c1ccc2nc(CC(C)C)c(CNC(=O)OC(C)(C)C)c(-c3ccc(C)cc3)c2c1. The van der Waals surface area contributed by atoms with Crippen molar-refractivity contribution in [1.29, 1.82) is 0 Å². The Kier molecular flexibility index (Phi) is 12.6. The van der Waals surface area contributed by atoms with Crippen LogP contribution in [0.3, 0.4) is 0 Å². The van der Waals surface area contributed by atoms with E-state index in [0.717, 1.165) is 27.9 Å². The van der Waals surface area contributed by atoms with Crippen LogP contribution in [0.15, 0.2) is 42.5 Å². The molecule has 0 aliphatic heterocycles. The van der Waals surface area contributed by atoms with Gasteiger partial charge in [-0.15, -0.1) is 0 Å². The molecule has 0 bridgehead atoms. The summed E-state index contributed by atoms with van der Waals surface area (Å²) in [5, 5.41) is 6.28. The Bertz CT molecular complexity index is 1620. The molecule has 0 saturated carbocycles. The number of benzene rings is 2. The average molecular weight is 663 g/mol. The van der Waals surface area contributed by atoms with Gasteiger partial charge in [0.15, 0.2) is 0 Å². The van der Waals surface area contributed by atoms with Crippen molar-refractivity contribution in [2.75, 3.05) is 24.6 Å². The maximum absolute atomic E-state index is 13.4. The second-order valence-electron chi connectivity index (χ2n) is 14.0. The summed E-state index contributed by atoms with van der Waals surface area (Å²) in [6.45, 7) is 18.7. The smallest absolute Gasteiger partial charge is 0.407 e. The average Bonchev–Trinajstić information content (AvgIpc) is 2.96. The third-order valence-corrected chi connectivity index (χ3v) is 6.92. The van der Waals surface area contributed by atoms with Crippen LogP contribution in [0.2, 0.25) is 0 Å². The van der Waals surface area contributed by atoms with Crippen molar-refractivity contribution in [3.63, 3.8) is 0 Å².